The summed E-state index contributed by atoms with van der Waals surface area (Å²) < 4.78 is 2.19. The van der Waals surface area contributed by atoms with Gasteiger partial charge in [-0.3, -0.25) is 19.1 Å². The molecule has 4 atom stereocenters. The van der Waals surface area contributed by atoms with E-state index in [9.17, 15) is 14.4 Å². The number of amides is 2. The smallest absolute Gasteiger partial charge is 0.248 e. The topological polar surface area (TPSA) is 123 Å². The summed E-state index contributed by atoms with van der Waals surface area (Å²) >= 11 is 3.34. The fourth-order valence-electron chi connectivity index (χ4n) is 6.25. The Kier molecular flexibility index (Phi) is 6.69. The van der Waals surface area contributed by atoms with Gasteiger partial charge in [0.05, 0.1) is 5.52 Å². The number of pyridine rings is 1. The van der Waals surface area contributed by atoms with Crippen molar-refractivity contribution in [1.82, 2.24) is 29.6 Å². The summed E-state index contributed by atoms with van der Waals surface area (Å²) in [5.41, 5.74) is 2.64. The average Bonchev–Trinajstić information content (AvgIpc) is 3.57. The summed E-state index contributed by atoms with van der Waals surface area (Å²) in [4.78, 5) is 54.5. The molecule has 1 aliphatic heterocycles. The second-order valence-corrected chi connectivity index (χ2v) is 11.4. The molecule has 1 saturated heterocycles. The van der Waals surface area contributed by atoms with Gasteiger partial charge in [0, 0.05) is 36.3 Å². The minimum atomic E-state index is -0.593. The van der Waals surface area contributed by atoms with E-state index in [1.807, 2.05) is 25.1 Å². The molecule has 4 heterocycles. The summed E-state index contributed by atoms with van der Waals surface area (Å²) in [6, 6.07) is 10.3. The van der Waals surface area contributed by atoms with Crippen molar-refractivity contribution >= 4 is 50.2 Å². The lowest BCUT2D eigenvalue weighted by atomic mass is 9.93. The van der Waals surface area contributed by atoms with Gasteiger partial charge in [0.15, 0.2) is 5.78 Å². The lowest BCUT2D eigenvalue weighted by molar-refractivity contribution is -0.141. The number of piperidine rings is 1. The summed E-state index contributed by atoms with van der Waals surface area (Å²) in [6.45, 7) is 5.32. The molecule has 10 nitrogen and oxygen atoms in total. The number of fused-ring (bicyclic) bond motifs is 3. The molecule has 2 amide bonds. The number of aromatic nitrogens is 5. The van der Waals surface area contributed by atoms with E-state index in [2.05, 4.69) is 48.2 Å². The van der Waals surface area contributed by atoms with Crippen molar-refractivity contribution in [3.63, 3.8) is 0 Å². The molecule has 0 spiro atoms. The van der Waals surface area contributed by atoms with Gasteiger partial charge in [-0.15, -0.1) is 0 Å². The van der Waals surface area contributed by atoms with Crippen molar-refractivity contribution in [3.8, 4) is 11.1 Å². The van der Waals surface area contributed by atoms with Crippen LogP contribution in [0, 0.1) is 18.8 Å². The van der Waals surface area contributed by atoms with Gasteiger partial charge >= 0.3 is 0 Å². The predicted molar refractivity (Wildman–Crippen MR) is 152 cm³/mol. The zero-order chi connectivity index (χ0) is 28.1. The molecule has 11 heteroatoms. The number of Topliss-reactive ketones (excluding diaryl/α,β-unsaturated/α-hetero) is 1. The molecule has 1 N–H and O–H groups in total. The second kappa shape index (κ2) is 10.2. The van der Waals surface area contributed by atoms with Gasteiger partial charge in [-0.2, -0.15) is 5.10 Å². The number of benzene rings is 1. The Labute approximate surface area is 239 Å². The molecule has 3 aromatic heterocycles. The van der Waals surface area contributed by atoms with Gasteiger partial charge in [-0.1, -0.05) is 19.1 Å². The van der Waals surface area contributed by atoms with Crippen molar-refractivity contribution in [1.29, 1.82) is 0 Å². The first-order valence-corrected chi connectivity index (χ1v) is 14.1. The van der Waals surface area contributed by atoms with Crippen molar-refractivity contribution in [3.05, 3.63) is 64.9 Å². The number of anilines is 1. The van der Waals surface area contributed by atoms with Crippen LogP contribution in [0.25, 0.3) is 22.0 Å². The average molecular weight is 602 g/mol. The minimum absolute atomic E-state index is 0.0223. The molecule has 2 bridgehead atoms. The minimum Gasteiger partial charge on any atom is -0.325 e. The Bertz CT molecular complexity index is 1650. The van der Waals surface area contributed by atoms with Crippen molar-refractivity contribution < 1.29 is 14.4 Å². The van der Waals surface area contributed by atoms with Gasteiger partial charge in [0.25, 0.3) is 0 Å². The fraction of sp³-hybridized carbons (Fsp3) is 0.345. The van der Waals surface area contributed by atoms with E-state index in [0.717, 1.165) is 24.0 Å². The number of ketones is 1. The number of aryl methyl sites for hydroxylation is 1. The molecular weight excluding hydrogens is 574 g/mol. The van der Waals surface area contributed by atoms with E-state index in [4.69, 9.17) is 0 Å². The molecule has 1 aromatic carbocycles. The SMILES string of the molecule is CC(=O)c1nn(CC(=O)N2C3CCC([C@@H]3C)[C@H]2C(=O)Nc2cccc(Br)n2)c2ccc(-c3cnc(C)nc3)cc12. The van der Waals surface area contributed by atoms with Crippen molar-refractivity contribution in [2.45, 2.75) is 52.2 Å². The molecule has 40 heavy (non-hydrogen) atoms. The molecule has 6 rings (SSSR count). The van der Waals surface area contributed by atoms with Crippen LogP contribution in [-0.4, -0.2) is 59.3 Å². The maximum atomic E-state index is 13.9. The Balaban J connectivity index is 1.31. The van der Waals surface area contributed by atoms with Gasteiger partial charge < -0.3 is 10.2 Å². The van der Waals surface area contributed by atoms with Gasteiger partial charge in [-0.05, 0) is 77.4 Å². The first-order valence-electron chi connectivity index (χ1n) is 13.3. The summed E-state index contributed by atoms with van der Waals surface area (Å²) in [5, 5.41) is 8.11. The summed E-state index contributed by atoms with van der Waals surface area (Å²) in [7, 11) is 0. The van der Waals surface area contributed by atoms with E-state index in [1.54, 1.807) is 40.2 Å². The number of carbonyl (C=O) groups is 3. The number of hydrogen-bond donors (Lipinski definition) is 1. The van der Waals surface area contributed by atoms with Crippen LogP contribution in [-0.2, 0) is 16.1 Å². The van der Waals surface area contributed by atoms with Crippen LogP contribution in [0.4, 0.5) is 5.82 Å². The van der Waals surface area contributed by atoms with E-state index >= 15 is 0 Å². The normalized spacial score (nSPS) is 21.6. The maximum Gasteiger partial charge on any atom is 0.248 e. The number of nitrogens with one attached hydrogen (secondary N) is 1. The first kappa shape index (κ1) is 26.2. The molecule has 2 aliphatic rings. The molecule has 1 aliphatic carbocycles. The van der Waals surface area contributed by atoms with Crippen molar-refractivity contribution in [2.24, 2.45) is 11.8 Å². The number of carbonyl (C=O) groups excluding carboxylic acids is 3. The van der Waals surface area contributed by atoms with E-state index < -0.39 is 6.04 Å². The molecule has 4 aromatic rings. The Morgan fingerprint density at radius 2 is 1.85 bits per heavy atom. The van der Waals surface area contributed by atoms with Crippen LogP contribution in [0.2, 0.25) is 0 Å². The Hall–Kier alpha value is -3.99. The van der Waals surface area contributed by atoms with E-state index in [1.165, 1.54) is 6.92 Å². The first-order chi connectivity index (χ1) is 19.2. The van der Waals surface area contributed by atoms with Crippen molar-refractivity contribution in [2.75, 3.05) is 5.32 Å². The molecular formula is C29H28BrN7O3. The third-order valence-corrected chi connectivity index (χ3v) is 8.59. The third kappa shape index (κ3) is 4.57. The summed E-state index contributed by atoms with van der Waals surface area (Å²) in [6.07, 6.45) is 5.23. The van der Waals surface area contributed by atoms with Gasteiger partial charge in [0.2, 0.25) is 11.8 Å². The number of halogens is 1. The summed E-state index contributed by atoms with van der Waals surface area (Å²) in [5.74, 6) is 0.751. The highest BCUT2D eigenvalue weighted by atomic mass is 79.9. The lowest BCUT2D eigenvalue weighted by Gasteiger charge is -2.34. The fourth-order valence-corrected chi connectivity index (χ4v) is 6.60. The number of nitrogens with zero attached hydrogens (tertiary/aromatic N) is 6. The predicted octanol–water partition coefficient (Wildman–Crippen LogP) is 4.43. The molecule has 2 unspecified atom stereocenters. The van der Waals surface area contributed by atoms with Crippen LogP contribution >= 0.6 is 15.9 Å². The Morgan fingerprint density at radius 3 is 2.58 bits per heavy atom. The standard InChI is InChI=1S/C29H28BrN7O3/c1-15-20-8-10-22(15)37(28(20)29(40)34-25-6-4-5-24(30)33-25)26(39)14-36-23-9-7-18(19-12-31-17(3)32-13-19)11-21(23)27(35-36)16(2)38/h4-7,9,11-13,15,20,22,28H,8,10,14H2,1-3H3,(H,33,34,40)/t15-,20?,22?,28-/m0/s1. The molecule has 1 saturated carbocycles. The highest BCUT2D eigenvalue weighted by Gasteiger charge is 2.55. The number of rotatable bonds is 6. The zero-order valence-electron chi connectivity index (χ0n) is 22.3. The highest BCUT2D eigenvalue weighted by molar-refractivity contribution is 9.10. The van der Waals surface area contributed by atoms with Crippen LogP contribution in [0.5, 0.6) is 0 Å². The van der Waals surface area contributed by atoms with Crippen LogP contribution in [0.15, 0.2) is 53.4 Å². The monoisotopic (exact) mass is 601 g/mol. The van der Waals surface area contributed by atoms with Crippen LogP contribution in [0.1, 0.15) is 43.0 Å². The molecule has 0 radical (unpaired) electrons. The second-order valence-electron chi connectivity index (χ2n) is 10.6. The number of hydrogen-bond acceptors (Lipinski definition) is 7. The molecule has 2 fully saturated rings. The Morgan fingerprint density at radius 1 is 1.07 bits per heavy atom. The largest absolute Gasteiger partial charge is 0.325 e. The van der Waals surface area contributed by atoms with Gasteiger partial charge in [-0.25, -0.2) is 15.0 Å². The quantitative estimate of drug-likeness (QED) is 0.256. The highest BCUT2D eigenvalue weighted by Crippen LogP contribution is 2.47. The third-order valence-electron chi connectivity index (χ3n) is 8.15. The van der Waals surface area contributed by atoms with Crippen LogP contribution < -0.4 is 5.32 Å². The van der Waals surface area contributed by atoms with E-state index in [-0.39, 0.29) is 42.0 Å². The number of likely N-dealkylation sites (tertiary alicyclic amines) is 1. The zero-order valence-corrected chi connectivity index (χ0v) is 23.9. The van der Waals surface area contributed by atoms with E-state index in [0.29, 0.717) is 32.8 Å². The molecule has 204 valence electrons. The van der Waals surface area contributed by atoms with Gasteiger partial charge in [0.1, 0.15) is 34.5 Å². The van der Waals surface area contributed by atoms with Crippen LogP contribution in [0.3, 0.4) is 0 Å². The maximum absolute atomic E-state index is 13.9. The lowest BCUT2D eigenvalue weighted by Crippen LogP contribution is -2.52.